The Bertz CT molecular complexity index is 1770. The summed E-state index contributed by atoms with van der Waals surface area (Å²) in [5, 5.41) is 7.47. The molecule has 70 heavy (non-hydrogen) atoms. The van der Waals surface area contributed by atoms with Gasteiger partial charge in [0.2, 0.25) is 0 Å². The number of allylic oxidation sites excluding steroid dienone is 1. The minimum Gasteiger partial charge on any atom is -0.385 e. The molecule has 1 saturated carbocycles. The van der Waals surface area contributed by atoms with E-state index in [-0.39, 0.29) is 16.8 Å². The monoisotopic (exact) mass is 976 g/mol. The molecule has 2 saturated heterocycles. The van der Waals surface area contributed by atoms with E-state index >= 15 is 0 Å². The Kier molecular flexibility index (Phi) is 27.3. The molecule has 0 aromatic carbocycles. The van der Waals surface area contributed by atoms with Crippen LogP contribution >= 0.6 is 0 Å². The van der Waals surface area contributed by atoms with Crippen LogP contribution in [0.5, 0.6) is 0 Å². The number of aromatic amines is 1. The summed E-state index contributed by atoms with van der Waals surface area (Å²) in [6.07, 6.45) is 26.5. The molecular weight excluding hydrogens is 870 g/mol. The fourth-order valence-corrected chi connectivity index (χ4v) is 12.1. The SMILES string of the molecule is C=C(CCC(C)(C)c1[nH]c(=O)c(CC2CCC(F)CC2)cc1C)CN1C[C@@H](C)CCC1CCC[C@@H](CCCC)CC(=O)CCCCCCC(=C)NC1CCCN(CC(CCC(C)=O)CN[C@H](C)CC)C1. The van der Waals surface area contributed by atoms with Crippen molar-refractivity contribution >= 4 is 11.6 Å². The molecule has 400 valence electrons. The number of carbonyl (C=O) groups excluding carboxylic acids is 2. The molecule has 3 aliphatic rings. The molecule has 1 aromatic rings. The first kappa shape index (κ1) is 59.9. The van der Waals surface area contributed by atoms with E-state index in [0.717, 1.165) is 158 Å². The van der Waals surface area contributed by atoms with Gasteiger partial charge in [0.1, 0.15) is 17.7 Å². The number of piperidine rings is 2. The highest BCUT2D eigenvalue weighted by atomic mass is 19.1. The lowest BCUT2D eigenvalue weighted by Gasteiger charge is -2.39. The Hall–Kier alpha value is -2.62. The lowest BCUT2D eigenvalue weighted by Crippen LogP contribution is -2.48. The van der Waals surface area contributed by atoms with Crippen LogP contribution in [-0.4, -0.2) is 89.9 Å². The van der Waals surface area contributed by atoms with Crippen LogP contribution in [0.4, 0.5) is 4.39 Å². The molecule has 8 nitrogen and oxygen atoms in total. The summed E-state index contributed by atoms with van der Waals surface area (Å²) < 4.78 is 13.7. The van der Waals surface area contributed by atoms with Gasteiger partial charge in [0.25, 0.3) is 5.56 Å². The third-order valence-corrected chi connectivity index (χ3v) is 16.9. The highest BCUT2D eigenvalue weighted by Gasteiger charge is 2.30. The van der Waals surface area contributed by atoms with Crippen molar-refractivity contribution in [3.63, 3.8) is 0 Å². The maximum atomic E-state index is 13.7. The Morgan fingerprint density at radius 2 is 1.63 bits per heavy atom. The predicted octanol–water partition coefficient (Wildman–Crippen LogP) is 13.7. The topological polar surface area (TPSA) is 97.5 Å². The van der Waals surface area contributed by atoms with Crippen LogP contribution in [-0.2, 0) is 21.4 Å². The van der Waals surface area contributed by atoms with Crippen LogP contribution in [0.15, 0.2) is 35.3 Å². The number of likely N-dealkylation sites (tertiary alicyclic amines) is 2. The summed E-state index contributed by atoms with van der Waals surface area (Å²) in [5.41, 5.74) is 5.30. The number of aryl methyl sites for hydroxylation is 1. The number of H-pyrrole nitrogens is 1. The van der Waals surface area contributed by atoms with Gasteiger partial charge in [-0.2, -0.15) is 0 Å². The van der Waals surface area contributed by atoms with Gasteiger partial charge in [0.05, 0.1) is 0 Å². The first-order chi connectivity index (χ1) is 33.4. The summed E-state index contributed by atoms with van der Waals surface area (Å²) in [5.74, 6) is 2.84. The van der Waals surface area contributed by atoms with Crippen LogP contribution in [0.2, 0.25) is 0 Å². The zero-order chi connectivity index (χ0) is 51.1. The van der Waals surface area contributed by atoms with Crippen LogP contribution < -0.4 is 16.2 Å². The van der Waals surface area contributed by atoms with Gasteiger partial charge >= 0.3 is 0 Å². The van der Waals surface area contributed by atoms with Crippen LogP contribution in [0.25, 0.3) is 0 Å². The molecule has 0 bridgehead atoms. The summed E-state index contributed by atoms with van der Waals surface area (Å²) >= 11 is 0. The Labute approximate surface area is 428 Å². The number of halogens is 1. The van der Waals surface area contributed by atoms with Crippen LogP contribution in [0.1, 0.15) is 232 Å². The fourth-order valence-electron chi connectivity index (χ4n) is 12.1. The van der Waals surface area contributed by atoms with E-state index in [1.165, 1.54) is 63.4 Å². The number of aromatic nitrogens is 1. The summed E-state index contributed by atoms with van der Waals surface area (Å²) in [6.45, 7) is 32.7. The normalized spacial score (nSPS) is 22.9. The first-order valence-corrected chi connectivity index (χ1v) is 29.1. The van der Waals surface area contributed by atoms with Crippen molar-refractivity contribution in [3.8, 4) is 0 Å². The quantitative estimate of drug-likeness (QED) is 0.0460. The van der Waals surface area contributed by atoms with Gasteiger partial charge in [-0.3, -0.25) is 14.5 Å². The third-order valence-electron chi connectivity index (χ3n) is 16.9. The van der Waals surface area contributed by atoms with Crippen molar-refractivity contribution in [2.75, 3.05) is 39.3 Å². The Balaban J connectivity index is 1.13. The van der Waals surface area contributed by atoms with Gasteiger partial charge in [-0.15, -0.1) is 0 Å². The molecule has 4 rings (SSSR count). The van der Waals surface area contributed by atoms with Gasteiger partial charge in [0.15, 0.2) is 0 Å². The van der Waals surface area contributed by atoms with Crippen molar-refractivity contribution in [1.29, 1.82) is 0 Å². The number of hydrogen-bond acceptors (Lipinski definition) is 7. The van der Waals surface area contributed by atoms with E-state index < -0.39 is 6.17 Å². The average Bonchev–Trinajstić information content (AvgIpc) is 3.31. The van der Waals surface area contributed by atoms with Crippen LogP contribution in [0, 0.1) is 30.6 Å². The number of carbonyl (C=O) groups is 2. The fraction of sp³-hybridized carbons (Fsp3) is 0.820. The van der Waals surface area contributed by atoms with Gasteiger partial charge < -0.3 is 25.3 Å². The third kappa shape index (κ3) is 22.7. The molecule has 3 unspecified atom stereocenters. The van der Waals surface area contributed by atoms with Gasteiger partial charge in [-0.25, -0.2) is 4.39 Å². The van der Waals surface area contributed by atoms with E-state index in [1.54, 1.807) is 6.92 Å². The lowest BCUT2D eigenvalue weighted by molar-refractivity contribution is -0.120. The van der Waals surface area contributed by atoms with Crippen molar-refractivity contribution < 1.29 is 14.0 Å². The predicted molar refractivity (Wildman–Crippen MR) is 295 cm³/mol. The smallest absolute Gasteiger partial charge is 0.251 e. The second-order valence-corrected chi connectivity index (χ2v) is 24.2. The van der Waals surface area contributed by atoms with Crippen molar-refractivity contribution in [2.45, 2.75) is 258 Å². The summed E-state index contributed by atoms with van der Waals surface area (Å²) in [6, 6.07) is 3.62. The number of unbranched alkanes of at least 4 members (excludes halogenated alkanes) is 4. The molecule has 0 radical (unpaired) electrons. The second-order valence-electron chi connectivity index (χ2n) is 24.2. The molecule has 0 amide bonds. The Morgan fingerprint density at radius 3 is 2.34 bits per heavy atom. The maximum absolute atomic E-state index is 13.7. The van der Waals surface area contributed by atoms with Gasteiger partial charge in [-0.05, 0) is 185 Å². The second kappa shape index (κ2) is 31.9. The molecule has 0 spiro atoms. The van der Waals surface area contributed by atoms with E-state index in [0.29, 0.717) is 66.8 Å². The van der Waals surface area contributed by atoms with Crippen LogP contribution in [0.3, 0.4) is 0 Å². The molecule has 3 fully saturated rings. The summed E-state index contributed by atoms with van der Waals surface area (Å²) in [4.78, 5) is 47.1. The largest absolute Gasteiger partial charge is 0.385 e. The number of Topliss-reactive ketones (excluding diaryl/α,β-unsaturated/α-hetero) is 2. The van der Waals surface area contributed by atoms with Gasteiger partial charge in [0, 0.05) is 85.9 Å². The molecule has 3 heterocycles. The zero-order valence-corrected chi connectivity index (χ0v) is 46.4. The average molecular weight is 977 g/mol. The van der Waals surface area contributed by atoms with E-state index in [4.69, 9.17) is 0 Å². The highest BCUT2D eigenvalue weighted by Crippen LogP contribution is 2.34. The number of pyridine rings is 1. The summed E-state index contributed by atoms with van der Waals surface area (Å²) in [7, 11) is 0. The molecule has 3 N–H and O–H groups in total. The van der Waals surface area contributed by atoms with Crippen molar-refractivity contribution in [2.24, 2.45) is 23.7 Å². The molecule has 2 aliphatic heterocycles. The molecule has 9 heteroatoms. The zero-order valence-electron chi connectivity index (χ0n) is 46.4. The lowest BCUT2D eigenvalue weighted by atomic mass is 9.79. The highest BCUT2D eigenvalue weighted by molar-refractivity contribution is 5.78. The molecule has 1 aromatic heterocycles. The number of alkyl halides is 1. The van der Waals surface area contributed by atoms with Crippen molar-refractivity contribution in [1.82, 2.24) is 25.4 Å². The van der Waals surface area contributed by atoms with E-state index in [2.05, 4.69) is 93.1 Å². The van der Waals surface area contributed by atoms with Crippen molar-refractivity contribution in [3.05, 3.63) is 57.7 Å². The minimum atomic E-state index is -0.674. The van der Waals surface area contributed by atoms with E-state index in [9.17, 15) is 18.8 Å². The molecular formula is C61H106FN5O3. The minimum absolute atomic E-state index is 0.0241. The maximum Gasteiger partial charge on any atom is 0.251 e. The standard InChI is InChI=1S/C61H106FN5O3/c1-11-13-21-51(39-58(69)25-17-15-14-16-20-49(7)64-56-23-19-36-66(44-56)43-53(28-27-50(8)68)40-63-48(6)12-2)22-18-24-57-33-26-45(3)41-67(57)42-46(4)34-35-61(9,10)59-47(5)37-54(60(70)65-59)38-52-29-31-55(62)32-30-52/h37,45,48,51-53,55-57,63-64H,4,7,11-36,38-44H2,1-3,5-6,8-10H3,(H,65,70)/t45-,48+,51+,52?,53?,55?,56?,57?/m0/s1. The number of nitrogens with one attached hydrogen (secondary N) is 3. The first-order valence-electron chi connectivity index (χ1n) is 29.1. The number of ketones is 2. The number of hydrogen-bond donors (Lipinski definition) is 3. The Morgan fingerprint density at radius 1 is 0.900 bits per heavy atom. The molecule has 6 atom stereocenters. The molecule has 1 aliphatic carbocycles. The van der Waals surface area contributed by atoms with Gasteiger partial charge in [-0.1, -0.05) is 91.9 Å². The number of nitrogens with zero attached hydrogens (tertiary/aromatic N) is 2. The number of rotatable bonds is 35. The van der Waals surface area contributed by atoms with E-state index in [1.807, 2.05) is 0 Å².